The molecule has 7 nitrogen and oxygen atoms in total. The van der Waals surface area contributed by atoms with Gasteiger partial charge in [-0.2, -0.15) is 0 Å². The number of carbonyl (C=O) groups excluding carboxylic acids is 1. The van der Waals surface area contributed by atoms with Gasteiger partial charge in [-0.3, -0.25) is 4.79 Å². The predicted molar refractivity (Wildman–Crippen MR) is 127 cm³/mol. The molecule has 1 aliphatic heterocycles. The number of fused-ring (bicyclic) bond motifs is 1. The van der Waals surface area contributed by atoms with E-state index in [4.69, 9.17) is 21.3 Å². The minimum absolute atomic E-state index is 0.0907. The maximum atomic E-state index is 14.0. The highest BCUT2D eigenvalue weighted by molar-refractivity contribution is 6.32. The number of aryl methyl sites for hydroxylation is 2. The number of aromatic amines is 1. The second kappa shape index (κ2) is 8.57. The van der Waals surface area contributed by atoms with Crippen molar-refractivity contribution < 1.29 is 9.53 Å². The van der Waals surface area contributed by atoms with Crippen molar-refractivity contribution in [2.45, 2.75) is 32.9 Å². The number of aromatic nitrogens is 4. The fraction of sp³-hybridized carbons (Fsp3) is 0.280. The van der Waals surface area contributed by atoms with Crippen molar-refractivity contribution in [2.75, 3.05) is 13.2 Å². The first-order valence-corrected chi connectivity index (χ1v) is 11.3. The summed E-state index contributed by atoms with van der Waals surface area (Å²) in [7, 11) is 0. The van der Waals surface area contributed by atoms with Crippen molar-refractivity contribution in [1.82, 2.24) is 24.8 Å². The average molecular weight is 462 g/mol. The van der Waals surface area contributed by atoms with E-state index < -0.39 is 0 Å². The van der Waals surface area contributed by atoms with E-state index in [1.165, 1.54) is 0 Å². The number of halogens is 1. The molecule has 2 aromatic heterocycles. The van der Waals surface area contributed by atoms with Crippen LogP contribution in [0.4, 0.5) is 0 Å². The minimum Gasteiger partial charge on any atom is -0.374 e. The number of H-pyrrole nitrogens is 1. The number of nitrogens with one attached hydrogen (secondary N) is 1. The van der Waals surface area contributed by atoms with E-state index in [0.29, 0.717) is 40.9 Å². The topological polar surface area (TPSA) is 84.0 Å². The Morgan fingerprint density at radius 2 is 1.97 bits per heavy atom. The number of hydrogen-bond acceptors (Lipinski definition) is 5. The average Bonchev–Trinajstić information content (AvgIpc) is 3.26. The van der Waals surface area contributed by atoms with Gasteiger partial charge in [-0.1, -0.05) is 29.3 Å². The van der Waals surface area contributed by atoms with Crippen molar-refractivity contribution in [3.63, 3.8) is 0 Å². The second-order valence-electron chi connectivity index (χ2n) is 8.43. The standard InChI is InChI=1S/C25H24ClN5O2/c1-14-5-6-17(23-27-9-4-10-28-23)18(11-14)25(32)31-12-15(2)33-13-21(31)24-29-20-8-7-19(26)16(3)22(20)30-24/h4-11,15,21H,12-13H2,1-3H3,(H,29,30)/t15-,21-/m0/s1. The molecule has 2 aromatic carbocycles. The first-order valence-electron chi connectivity index (χ1n) is 10.9. The molecule has 1 saturated heterocycles. The lowest BCUT2D eigenvalue weighted by Gasteiger charge is -2.38. The van der Waals surface area contributed by atoms with Crippen molar-refractivity contribution in [3.8, 4) is 11.4 Å². The molecule has 1 N–H and O–H groups in total. The zero-order valence-electron chi connectivity index (χ0n) is 18.7. The van der Waals surface area contributed by atoms with Crippen LogP contribution in [0.2, 0.25) is 5.02 Å². The van der Waals surface area contributed by atoms with E-state index in [9.17, 15) is 4.79 Å². The monoisotopic (exact) mass is 461 g/mol. The van der Waals surface area contributed by atoms with E-state index in [1.807, 2.05) is 56.0 Å². The van der Waals surface area contributed by atoms with Gasteiger partial charge in [-0.05, 0) is 50.6 Å². The maximum Gasteiger partial charge on any atom is 0.255 e. The number of carbonyl (C=O) groups is 1. The molecule has 1 fully saturated rings. The largest absolute Gasteiger partial charge is 0.374 e. The van der Waals surface area contributed by atoms with Crippen LogP contribution in [0, 0.1) is 13.8 Å². The van der Waals surface area contributed by atoms with E-state index >= 15 is 0 Å². The number of benzene rings is 2. The molecule has 8 heteroatoms. The Bertz CT molecular complexity index is 1340. The molecular formula is C25H24ClN5O2. The van der Waals surface area contributed by atoms with Crippen LogP contribution >= 0.6 is 11.6 Å². The van der Waals surface area contributed by atoms with Crippen molar-refractivity contribution in [1.29, 1.82) is 0 Å². The van der Waals surface area contributed by atoms with Gasteiger partial charge in [0, 0.05) is 29.5 Å². The summed E-state index contributed by atoms with van der Waals surface area (Å²) in [4.78, 5) is 32.7. The first-order chi connectivity index (χ1) is 15.9. The molecule has 33 heavy (non-hydrogen) atoms. The summed E-state index contributed by atoms with van der Waals surface area (Å²) < 4.78 is 5.95. The van der Waals surface area contributed by atoms with Crippen LogP contribution in [-0.4, -0.2) is 50.0 Å². The van der Waals surface area contributed by atoms with Crippen molar-refractivity contribution in [2.24, 2.45) is 0 Å². The Kier molecular flexibility index (Phi) is 5.60. The SMILES string of the molecule is Cc1ccc(-c2ncccn2)c(C(=O)N2C[C@H](C)OC[C@H]2c2nc3c(C)c(Cl)ccc3[nH]2)c1. The molecule has 3 heterocycles. The molecular weight excluding hydrogens is 438 g/mol. The molecule has 5 rings (SSSR count). The van der Waals surface area contributed by atoms with Gasteiger partial charge in [0.2, 0.25) is 0 Å². The van der Waals surface area contributed by atoms with E-state index in [-0.39, 0.29) is 18.1 Å². The molecule has 0 spiro atoms. The minimum atomic E-state index is -0.357. The Hall–Kier alpha value is -3.29. The van der Waals surface area contributed by atoms with Crippen LogP contribution in [0.25, 0.3) is 22.4 Å². The van der Waals surface area contributed by atoms with Gasteiger partial charge in [-0.15, -0.1) is 0 Å². The third kappa shape index (κ3) is 3.98. The summed E-state index contributed by atoms with van der Waals surface area (Å²) in [5.74, 6) is 1.10. The lowest BCUT2D eigenvalue weighted by atomic mass is 10.0. The number of hydrogen-bond donors (Lipinski definition) is 1. The highest BCUT2D eigenvalue weighted by Crippen LogP contribution is 2.32. The molecule has 0 unspecified atom stereocenters. The van der Waals surface area contributed by atoms with E-state index in [2.05, 4.69) is 15.0 Å². The summed E-state index contributed by atoms with van der Waals surface area (Å²) in [5.41, 5.74) is 4.85. The summed E-state index contributed by atoms with van der Waals surface area (Å²) in [5, 5.41) is 0.661. The highest BCUT2D eigenvalue weighted by atomic mass is 35.5. The molecule has 0 bridgehead atoms. The second-order valence-corrected chi connectivity index (χ2v) is 8.84. The smallest absolute Gasteiger partial charge is 0.255 e. The van der Waals surface area contributed by atoms with Crippen LogP contribution in [0.3, 0.4) is 0 Å². The zero-order valence-corrected chi connectivity index (χ0v) is 19.4. The van der Waals surface area contributed by atoms with Gasteiger partial charge in [0.05, 0.1) is 29.3 Å². The third-order valence-corrected chi connectivity index (χ3v) is 6.43. The van der Waals surface area contributed by atoms with Crippen LogP contribution in [0.1, 0.15) is 40.3 Å². The maximum absolute atomic E-state index is 14.0. The fourth-order valence-corrected chi connectivity index (χ4v) is 4.39. The molecule has 1 aliphatic rings. The zero-order chi connectivity index (χ0) is 23.1. The van der Waals surface area contributed by atoms with Crippen LogP contribution in [-0.2, 0) is 4.74 Å². The fourth-order valence-electron chi connectivity index (χ4n) is 4.24. The lowest BCUT2D eigenvalue weighted by molar-refractivity contribution is -0.0466. The molecule has 168 valence electrons. The number of rotatable bonds is 3. The van der Waals surface area contributed by atoms with E-state index in [0.717, 1.165) is 22.2 Å². The summed E-state index contributed by atoms with van der Waals surface area (Å²) in [6.07, 6.45) is 3.27. The Morgan fingerprint density at radius 1 is 1.18 bits per heavy atom. The number of morpholine rings is 1. The Morgan fingerprint density at radius 3 is 2.76 bits per heavy atom. The molecule has 0 saturated carbocycles. The van der Waals surface area contributed by atoms with Gasteiger partial charge in [0.25, 0.3) is 5.91 Å². The van der Waals surface area contributed by atoms with Crippen LogP contribution in [0.15, 0.2) is 48.8 Å². The van der Waals surface area contributed by atoms with Gasteiger partial charge in [0.1, 0.15) is 11.9 Å². The van der Waals surface area contributed by atoms with Gasteiger partial charge in [-0.25, -0.2) is 15.0 Å². The van der Waals surface area contributed by atoms with Crippen molar-refractivity contribution >= 4 is 28.5 Å². The third-order valence-electron chi connectivity index (χ3n) is 6.02. The summed E-state index contributed by atoms with van der Waals surface area (Å²) in [6, 6.07) is 10.9. The summed E-state index contributed by atoms with van der Waals surface area (Å²) in [6.45, 7) is 6.68. The molecule has 0 radical (unpaired) electrons. The molecule has 4 aromatic rings. The number of nitrogens with zero attached hydrogens (tertiary/aromatic N) is 4. The predicted octanol–water partition coefficient (Wildman–Crippen LogP) is 4.89. The number of ether oxygens (including phenoxy) is 1. The van der Waals surface area contributed by atoms with Crippen LogP contribution < -0.4 is 0 Å². The van der Waals surface area contributed by atoms with Crippen LogP contribution in [0.5, 0.6) is 0 Å². The van der Waals surface area contributed by atoms with Crippen molar-refractivity contribution in [3.05, 3.63) is 76.3 Å². The normalized spacial score (nSPS) is 18.6. The molecule has 0 aliphatic carbocycles. The molecule has 1 amide bonds. The number of amides is 1. The molecule has 2 atom stereocenters. The lowest BCUT2D eigenvalue weighted by Crippen LogP contribution is -2.47. The van der Waals surface area contributed by atoms with Gasteiger partial charge in [0.15, 0.2) is 5.82 Å². The highest BCUT2D eigenvalue weighted by Gasteiger charge is 2.35. The number of imidazole rings is 1. The Labute approximate surface area is 196 Å². The first kappa shape index (κ1) is 21.6. The van der Waals surface area contributed by atoms with Gasteiger partial charge >= 0.3 is 0 Å². The van der Waals surface area contributed by atoms with E-state index in [1.54, 1.807) is 18.5 Å². The summed E-state index contributed by atoms with van der Waals surface area (Å²) >= 11 is 6.30. The quantitative estimate of drug-likeness (QED) is 0.469. The van der Waals surface area contributed by atoms with Gasteiger partial charge < -0.3 is 14.6 Å². The Balaban J connectivity index is 1.58.